The highest BCUT2D eigenvalue weighted by Crippen LogP contribution is 2.27. The first-order valence-corrected chi connectivity index (χ1v) is 8.60. The molecule has 0 aliphatic heterocycles. The van der Waals surface area contributed by atoms with Crippen molar-refractivity contribution in [2.24, 2.45) is 11.3 Å². The smallest absolute Gasteiger partial charge is 0.211 e. The maximum Gasteiger partial charge on any atom is 0.241 e. The summed E-state index contributed by atoms with van der Waals surface area (Å²) in [6.45, 7) is 10.7. The zero-order valence-corrected chi connectivity index (χ0v) is 14.5. The van der Waals surface area contributed by atoms with E-state index in [0.717, 1.165) is 5.56 Å². The van der Waals surface area contributed by atoms with Gasteiger partial charge in [-0.2, -0.15) is 0 Å². The lowest BCUT2D eigenvalue weighted by atomic mass is 9.81. The SMILES string of the molecule is Cc1ccc(S(=O)(=O)NCC(C)(C)C(C)C)c(Br)c1. The van der Waals surface area contributed by atoms with Gasteiger partial charge in [0.15, 0.2) is 0 Å². The monoisotopic (exact) mass is 347 g/mol. The molecule has 1 aromatic carbocycles. The van der Waals surface area contributed by atoms with Crippen LogP contribution in [0.15, 0.2) is 27.6 Å². The van der Waals surface area contributed by atoms with Crippen LogP contribution in [0.25, 0.3) is 0 Å². The summed E-state index contributed by atoms with van der Waals surface area (Å²) in [5, 5.41) is 0. The van der Waals surface area contributed by atoms with Gasteiger partial charge in [-0.1, -0.05) is 33.8 Å². The van der Waals surface area contributed by atoms with Gasteiger partial charge in [0.2, 0.25) is 10.0 Å². The molecule has 1 rings (SSSR count). The molecular weight excluding hydrogens is 326 g/mol. The Kier molecular flexibility index (Phi) is 5.21. The van der Waals surface area contributed by atoms with Crippen molar-refractivity contribution in [2.75, 3.05) is 6.54 Å². The standard InChI is InChI=1S/C14H22BrNO2S/c1-10(2)14(4,5)9-16-19(17,18)13-7-6-11(3)8-12(13)15/h6-8,10,16H,9H2,1-5H3. The Morgan fingerprint density at radius 1 is 1.32 bits per heavy atom. The molecule has 0 aliphatic rings. The van der Waals surface area contributed by atoms with Gasteiger partial charge in [0, 0.05) is 11.0 Å². The summed E-state index contributed by atoms with van der Waals surface area (Å²) >= 11 is 3.31. The van der Waals surface area contributed by atoms with Crippen molar-refractivity contribution >= 4 is 26.0 Å². The van der Waals surface area contributed by atoms with Gasteiger partial charge in [0.1, 0.15) is 0 Å². The summed E-state index contributed by atoms with van der Waals surface area (Å²) in [5.74, 6) is 0.400. The second-order valence-corrected chi connectivity index (χ2v) is 8.49. The average molecular weight is 348 g/mol. The van der Waals surface area contributed by atoms with Crippen LogP contribution in [-0.2, 0) is 10.0 Å². The number of halogens is 1. The minimum Gasteiger partial charge on any atom is -0.211 e. The average Bonchev–Trinajstić information content (AvgIpc) is 2.26. The molecule has 0 heterocycles. The Labute approximate surface area is 125 Å². The van der Waals surface area contributed by atoms with Crippen LogP contribution in [0.3, 0.4) is 0 Å². The van der Waals surface area contributed by atoms with E-state index < -0.39 is 10.0 Å². The first-order chi connectivity index (χ1) is 8.56. The molecule has 1 aromatic rings. The molecule has 0 unspecified atom stereocenters. The number of hydrogen-bond donors (Lipinski definition) is 1. The summed E-state index contributed by atoms with van der Waals surface area (Å²) in [6.07, 6.45) is 0. The van der Waals surface area contributed by atoms with Crippen molar-refractivity contribution in [2.45, 2.75) is 39.5 Å². The molecule has 0 amide bonds. The van der Waals surface area contributed by atoms with Crippen LogP contribution < -0.4 is 4.72 Å². The Morgan fingerprint density at radius 3 is 2.37 bits per heavy atom. The van der Waals surface area contributed by atoms with E-state index in [9.17, 15) is 8.42 Å². The van der Waals surface area contributed by atoms with Crippen LogP contribution in [0, 0.1) is 18.3 Å². The maximum absolute atomic E-state index is 12.3. The topological polar surface area (TPSA) is 46.2 Å². The minimum atomic E-state index is -3.47. The number of sulfonamides is 1. The molecule has 0 spiro atoms. The lowest BCUT2D eigenvalue weighted by molar-refractivity contribution is 0.252. The molecule has 0 bridgehead atoms. The summed E-state index contributed by atoms with van der Waals surface area (Å²) in [6, 6.07) is 5.24. The number of rotatable bonds is 5. The lowest BCUT2D eigenvalue weighted by Crippen LogP contribution is -2.37. The molecule has 3 nitrogen and oxygen atoms in total. The van der Waals surface area contributed by atoms with Gasteiger partial charge in [-0.25, -0.2) is 13.1 Å². The van der Waals surface area contributed by atoms with Crippen LogP contribution in [0.1, 0.15) is 33.3 Å². The second kappa shape index (κ2) is 5.94. The van der Waals surface area contributed by atoms with Gasteiger partial charge in [-0.15, -0.1) is 0 Å². The van der Waals surface area contributed by atoms with E-state index in [0.29, 0.717) is 16.9 Å². The van der Waals surface area contributed by atoms with Crippen LogP contribution in [0.4, 0.5) is 0 Å². The summed E-state index contributed by atoms with van der Waals surface area (Å²) in [7, 11) is -3.47. The molecule has 5 heteroatoms. The number of benzene rings is 1. The molecule has 1 N–H and O–H groups in total. The van der Waals surface area contributed by atoms with Crippen LogP contribution in [0.2, 0.25) is 0 Å². The first-order valence-electron chi connectivity index (χ1n) is 6.32. The van der Waals surface area contributed by atoms with Crippen molar-refractivity contribution in [3.8, 4) is 0 Å². The Bertz CT molecular complexity index is 551. The predicted octanol–water partition coefficient (Wildman–Crippen LogP) is 3.72. The normalized spacial score (nSPS) is 13.0. The Balaban J connectivity index is 2.94. The zero-order chi connectivity index (χ0) is 14.8. The number of nitrogens with one attached hydrogen (secondary N) is 1. The Morgan fingerprint density at radius 2 is 1.89 bits per heavy atom. The van der Waals surface area contributed by atoms with E-state index >= 15 is 0 Å². The lowest BCUT2D eigenvalue weighted by Gasteiger charge is -2.29. The highest BCUT2D eigenvalue weighted by atomic mass is 79.9. The van der Waals surface area contributed by atoms with E-state index in [1.54, 1.807) is 12.1 Å². The van der Waals surface area contributed by atoms with E-state index in [1.807, 2.05) is 13.0 Å². The highest BCUT2D eigenvalue weighted by molar-refractivity contribution is 9.10. The van der Waals surface area contributed by atoms with Gasteiger partial charge in [-0.05, 0) is 51.9 Å². The van der Waals surface area contributed by atoms with Crippen LogP contribution >= 0.6 is 15.9 Å². The van der Waals surface area contributed by atoms with Crippen LogP contribution in [-0.4, -0.2) is 15.0 Å². The maximum atomic E-state index is 12.3. The molecule has 0 fully saturated rings. The van der Waals surface area contributed by atoms with Crippen molar-refractivity contribution < 1.29 is 8.42 Å². The van der Waals surface area contributed by atoms with Gasteiger partial charge in [0.05, 0.1) is 4.90 Å². The van der Waals surface area contributed by atoms with E-state index in [-0.39, 0.29) is 10.3 Å². The third-order valence-corrected chi connectivity index (χ3v) is 6.04. The Hall–Kier alpha value is -0.390. The molecule has 0 aliphatic carbocycles. The van der Waals surface area contributed by atoms with Crippen molar-refractivity contribution in [1.82, 2.24) is 4.72 Å². The molecule has 0 aromatic heterocycles. The quantitative estimate of drug-likeness (QED) is 0.882. The van der Waals surface area contributed by atoms with E-state index in [1.165, 1.54) is 0 Å². The fourth-order valence-electron chi connectivity index (χ4n) is 1.39. The summed E-state index contributed by atoms with van der Waals surface area (Å²) in [4.78, 5) is 0.289. The van der Waals surface area contributed by atoms with Crippen molar-refractivity contribution in [3.63, 3.8) is 0 Å². The molecule has 0 radical (unpaired) electrons. The third-order valence-electron chi connectivity index (χ3n) is 3.66. The van der Waals surface area contributed by atoms with Gasteiger partial charge in [0.25, 0.3) is 0 Å². The molecule has 0 saturated carbocycles. The molecule has 108 valence electrons. The third kappa shape index (κ3) is 4.29. The second-order valence-electron chi connectivity index (χ2n) is 5.90. The van der Waals surface area contributed by atoms with Gasteiger partial charge < -0.3 is 0 Å². The molecule has 0 saturated heterocycles. The van der Waals surface area contributed by atoms with Gasteiger partial charge in [-0.3, -0.25) is 0 Å². The van der Waals surface area contributed by atoms with E-state index in [2.05, 4.69) is 48.3 Å². The molecule has 19 heavy (non-hydrogen) atoms. The van der Waals surface area contributed by atoms with Crippen LogP contribution in [0.5, 0.6) is 0 Å². The fourth-order valence-corrected chi connectivity index (χ4v) is 3.80. The minimum absolute atomic E-state index is 0.0791. The fraction of sp³-hybridized carbons (Fsp3) is 0.571. The van der Waals surface area contributed by atoms with Gasteiger partial charge >= 0.3 is 0 Å². The zero-order valence-electron chi connectivity index (χ0n) is 12.1. The van der Waals surface area contributed by atoms with E-state index in [4.69, 9.17) is 0 Å². The summed E-state index contributed by atoms with van der Waals surface area (Å²) < 4.78 is 27.9. The molecular formula is C14H22BrNO2S. The summed E-state index contributed by atoms with van der Waals surface area (Å²) in [5.41, 5.74) is 0.942. The van der Waals surface area contributed by atoms with Crippen molar-refractivity contribution in [3.05, 3.63) is 28.2 Å². The number of hydrogen-bond acceptors (Lipinski definition) is 2. The highest BCUT2D eigenvalue weighted by Gasteiger charge is 2.26. The number of aryl methyl sites for hydroxylation is 1. The molecule has 0 atom stereocenters. The first kappa shape index (κ1) is 16.7. The largest absolute Gasteiger partial charge is 0.241 e. The van der Waals surface area contributed by atoms with Crippen molar-refractivity contribution in [1.29, 1.82) is 0 Å². The predicted molar refractivity (Wildman–Crippen MR) is 82.7 cm³/mol.